The fourth-order valence-electron chi connectivity index (χ4n) is 3.41. The van der Waals surface area contributed by atoms with Crippen LogP contribution < -0.4 is 4.74 Å². The number of rotatable bonds is 6. The molecule has 5 heteroatoms. The maximum atomic E-state index is 5.87. The van der Waals surface area contributed by atoms with Gasteiger partial charge in [-0.05, 0) is 50.3 Å². The Morgan fingerprint density at radius 3 is 2.96 bits per heavy atom. The Kier molecular flexibility index (Phi) is 4.52. The third-order valence-electron chi connectivity index (χ3n) is 4.96. The van der Waals surface area contributed by atoms with E-state index >= 15 is 0 Å². The van der Waals surface area contributed by atoms with Gasteiger partial charge in [0, 0.05) is 25.4 Å². The Labute approximate surface area is 143 Å². The Hall–Kier alpha value is -1.88. The van der Waals surface area contributed by atoms with Crippen LogP contribution in [0.2, 0.25) is 0 Å². The summed E-state index contributed by atoms with van der Waals surface area (Å²) in [6, 6.07) is 8.41. The van der Waals surface area contributed by atoms with Crippen LogP contribution in [-0.4, -0.2) is 41.8 Å². The van der Waals surface area contributed by atoms with E-state index in [-0.39, 0.29) is 0 Å². The van der Waals surface area contributed by atoms with E-state index in [9.17, 15) is 0 Å². The van der Waals surface area contributed by atoms with E-state index in [4.69, 9.17) is 9.26 Å². The molecule has 1 aliphatic carbocycles. The summed E-state index contributed by atoms with van der Waals surface area (Å²) in [6.07, 6.45) is 5.45. The molecule has 0 bridgehead atoms. The Bertz CT molecular complexity index is 681. The van der Waals surface area contributed by atoms with E-state index < -0.39 is 0 Å². The number of hydrogen-bond acceptors (Lipinski definition) is 5. The molecule has 0 N–H and O–H groups in total. The molecular weight excluding hydrogens is 302 g/mol. The van der Waals surface area contributed by atoms with Crippen molar-refractivity contribution in [3.8, 4) is 5.75 Å². The minimum Gasteiger partial charge on any atom is -0.493 e. The Morgan fingerprint density at radius 1 is 1.21 bits per heavy atom. The van der Waals surface area contributed by atoms with Crippen LogP contribution in [0.3, 0.4) is 0 Å². The molecule has 0 radical (unpaired) electrons. The van der Waals surface area contributed by atoms with Gasteiger partial charge in [0.2, 0.25) is 5.89 Å². The first kappa shape index (κ1) is 15.6. The van der Waals surface area contributed by atoms with Crippen LogP contribution in [0.4, 0.5) is 0 Å². The summed E-state index contributed by atoms with van der Waals surface area (Å²) in [7, 11) is 2.18. The molecule has 0 spiro atoms. The molecule has 128 valence electrons. The molecule has 4 rings (SSSR count). The first-order valence-corrected chi connectivity index (χ1v) is 8.99. The van der Waals surface area contributed by atoms with Crippen molar-refractivity contribution in [1.29, 1.82) is 0 Å². The average Bonchev–Trinajstić information content (AvgIpc) is 3.36. The molecule has 5 nitrogen and oxygen atoms in total. The molecule has 1 atom stereocenters. The van der Waals surface area contributed by atoms with E-state index in [1.807, 2.05) is 6.07 Å². The lowest BCUT2D eigenvalue weighted by Crippen LogP contribution is -2.29. The lowest BCUT2D eigenvalue weighted by molar-refractivity contribution is 0.240. The summed E-state index contributed by atoms with van der Waals surface area (Å²) in [4.78, 5) is 6.89. The van der Waals surface area contributed by atoms with Crippen molar-refractivity contribution in [2.45, 2.75) is 38.0 Å². The predicted octanol–water partition coefficient (Wildman–Crippen LogP) is 3.06. The van der Waals surface area contributed by atoms with E-state index in [0.717, 1.165) is 56.4 Å². The van der Waals surface area contributed by atoms with E-state index in [1.165, 1.54) is 18.4 Å². The molecule has 0 saturated heterocycles. The van der Waals surface area contributed by atoms with Crippen LogP contribution in [0.15, 0.2) is 28.8 Å². The second-order valence-electron chi connectivity index (χ2n) is 7.15. The molecule has 1 aromatic carbocycles. The number of ether oxygens (including phenoxy) is 1. The smallest absolute Gasteiger partial charge is 0.229 e. The lowest BCUT2D eigenvalue weighted by Gasteiger charge is -2.22. The fraction of sp³-hybridized carbons (Fsp3) is 0.579. The highest BCUT2D eigenvalue weighted by Gasteiger charge is 2.29. The molecule has 2 heterocycles. The van der Waals surface area contributed by atoms with Crippen molar-refractivity contribution in [3.63, 3.8) is 0 Å². The van der Waals surface area contributed by atoms with Crippen molar-refractivity contribution in [2.24, 2.45) is 5.92 Å². The van der Waals surface area contributed by atoms with Crippen molar-refractivity contribution in [3.05, 3.63) is 41.5 Å². The minimum atomic E-state index is 0.537. The number of hydrogen-bond donors (Lipinski definition) is 0. The zero-order valence-electron chi connectivity index (χ0n) is 14.3. The summed E-state index contributed by atoms with van der Waals surface area (Å²) in [5.74, 6) is 3.91. The highest BCUT2D eigenvalue weighted by atomic mass is 16.5. The van der Waals surface area contributed by atoms with Gasteiger partial charge >= 0.3 is 0 Å². The quantitative estimate of drug-likeness (QED) is 0.816. The fourth-order valence-corrected chi connectivity index (χ4v) is 3.41. The summed E-state index contributed by atoms with van der Waals surface area (Å²) in [5.41, 5.74) is 1.33. The largest absolute Gasteiger partial charge is 0.493 e. The molecular formula is C19H25N3O2. The molecule has 1 aromatic heterocycles. The summed E-state index contributed by atoms with van der Waals surface area (Å²) < 4.78 is 11.2. The monoisotopic (exact) mass is 327 g/mol. The lowest BCUT2D eigenvalue weighted by atomic mass is 9.96. The Morgan fingerprint density at radius 2 is 2.08 bits per heavy atom. The molecule has 1 aliphatic heterocycles. The van der Waals surface area contributed by atoms with Crippen molar-refractivity contribution in [1.82, 2.24) is 15.0 Å². The summed E-state index contributed by atoms with van der Waals surface area (Å²) >= 11 is 0. The van der Waals surface area contributed by atoms with Gasteiger partial charge in [-0.1, -0.05) is 23.4 Å². The van der Waals surface area contributed by atoms with Gasteiger partial charge in [-0.15, -0.1) is 0 Å². The first-order valence-electron chi connectivity index (χ1n) is 8.99. The number of fused-ring (bicyclic) bond motifs is 1. The van der Waals surface area contributed by atoms with Crippen LogP contribution in [0, 0.1) is 5.92 Å². The van der Waals surface area contributed by atoms with Crippen molar-refractivity contribution < 1.29 is 9.26 Å². The summed E-state index contributed by atoms with van der Waals surface area (Å²) in [6.45, 7) is 2.85. The first-order chi connectivity index (χ1) is 11.8. The third-order valence-corrected chi connectivity index (χ3v) is 4.96. The minimum absolute atomic E-state index is 0.537. The maximum absolute atomic E-state index is 5.87. The molecule has 2 aliphatic rings. The number of aromatic nitrogens is 2. The number of para-hydroxylation sites is 1. The molecule has 2 aromatic rings. The van der Waals surface area contributed by atoms with Gasteiger partial charge in [-0.3, -0.25) is 0 Å². The van der Waals surface area contributed by atoms with Crippen molar-refractivity contribution in [2.75, 3.05) is 26.7 Å². The highest BCUT2D eigenvalue weighted by molar-refractivity contribution is 5.34. The van der Waals surface area contributed by atoms with Gasteiger partial charge in [-0.2, -0.15) is 4.98 Å². The number of nitrogens with zero attached hydrogens (tertiary/aromatic N) is 3. The van der Waals surface area contributed by atoms with Gasteiger partial charge in [0.15, 0.2) is 5.82 Å². The average molecular weight is 327 g/mol. The van der Waals surface area contributed by atoms with Gasteiger partial charge < -0.3 is 14.2 Å². The summed E-state index contributed by atoms with van der Waals surface area (Å²) in [5, 5.41) is 4.11. The number of likely N-dealkylation sites (N-methyl/N-ethyl adjacent to an activating group) is 1. The highest BCUT2D eigenvalue weighted by Crippen LogP contribution is 2.38. The molecule has 1 fully saturated rings. The van der Waals surface area contributed by atoms with E-state index in [0.29, 0.717) is 11.8 Å². The third kappa shape index (κ3) is 3.78. The Balaban J connectivity index is 1.28. The second kappa shape index (κ2) is 6.93. The topological polar surface area (TPSA) is 51.4 Å². The van der Waals surface area contributed by atoms with Crippen LogP contribution in [-0.2, 0) is 12.8 Å². The molecule has 1 saturated carbocycles. The van der Waals surface area contributed by atoms with Crippen LogP contribution in [0.5, 0.6) is 5.75 Å². The van der Waals surface area contributed by atoms with Gasteiger partial charge in [-0.25, -0.2) is 0 Å². The zero-order valence-corrected chi connectivity index (χ0v) is 14.3. The molecule has 0 amide bonds. The second-order valence-corrected chi connectivity index (χ2v) is 7.15. The number of benzene rings is 1. The van der Waals surface area contributed by atoms with Crippen LogP contribution in [0.1, 0.15) is 42.5 Å². The standard InChI is InChI=1S/C19H25N3O2/c1-22(10-8-18-20-19(24-21-18)15-6-7-15)13-14-9-11-23-17-5-3-2-4-16(17)12-14/h2-5,14-15H,6-13H2,1H3/t14-/m0/s1. The predicted molar refractivity (Wildman–Crippen MR) is 91.2 cm³/mol. The van der Waals surface area contributed by atoms with E-state index in [2.05, 4.69) is 40.3 Å². The van der Waals surface area contributed by atoms with Crippen LogP contribution >= 0.6 is 0 Å². The van der Waals surface area contributed by atoms with Gasteiger partial charge in [0.1, 0.15) is 5.75 Å². The van der Waals surface area contributed by atoms with Crippen molar-refractivity contribution >= 4 is 0 Å². The van der Waals surface area contributed by atoms with Gasteiger partial charge in [0.25, 0.3) is 0 Å². The van der Waals surface area contributed by atoms with Gasteiger partial charge in [0.05, 0.1) is 6.61 Å². The maximum Gasteiger partial charge on any atom is 0.229 e. The normalized spacial score (nSPS) is 20.5. The zero-order chi connectivity index (χ0) is 16.4. The SMILES string of the molecule is CN(CCc1noc(C2CC2)n1)C[C@H]1CCOc2ccccc2C1. The van der Waals surface area contributed by atoms with Crippen LogP contribution in [0.25, 0.3) is 0 Å². The molecule has 0 unspecified atom stereocenters. The van der Waals surface area contributed by atoms with E-state index in [1.54, 1.807) is 0 Å². The molecule has 24 heavy (non-hydrogen) atoms.